The second-order valence-electron chi connectivity index (χ2n) is 9.48. The van der Waals surface area contributed by atoms with Crippen molar-refractivity contribution >= 4 is 16.8 Å². The monoisotopic (exact) mass is 444 g/mol. The molecule has 3 heterocycles. The van der Waals surface area contributed by atoms with E-state index < -0.39 is 5.91 Å². The number of fused-ring (bicyclic) bond motifs is 2. The van der Waals surface area contributed by atoms with Crippen LogP contribution in [0.15, 0.2) is 24.4 Å². The number of rotatable bonds is 5. The van der Waals surface area contributed by atoms with E-state index in [1.807, 2.05) is 36.9 Å². The quantitative estimate of drug-likeness (QED) is 0.484. The molecular weight excluding hydrogens is 416 g/mol. The van der Waals surface area contributed by atoms with Crippen molar-refractivity contribution in [3.63, 3.8) is 0 Å². The van der Waals surface area contributed by atoms with Gasteiger partial charge in [0.05, 0.1) is 23.4 Å². The maximum atomic E-state index is 12.2. The first-order valence-electron chi connectivity index (χ1n) is 11.8. The molecule has 0 saturated heterocycles. The van der Waals surface area contributed by atoms with Crippen LogP contribution in [0.4, 0.5) is 0 Å². The molecule has 9 heteroatoms. The topological polar surface area (TPSA) is 120 Å². The zero-order valence-corrected chi connectivity index (χ0v) is 19.0. The highest BCUT2D eigenvalue weighted by Gasteiger charge is 2.38. The minimum Gasteiger partial charge on any atom is -0.366 e. The Kier molecular flexibility index (Phi) is 4.60. The molecule has 2 atom stereocenters. The summed E-state index contributed by atoms with van der Waals surface area (Å²) in [7, 11) is 0. The Bertz CT molecular complexity index is 1350. The number of nitrogens with zero attached hydrogens (tertiary/aromatic N) is 6. The Labute approximate surface area is 191 Å². The van der Waals surface area contributed by atoms with Gasteiger partial charge in [0, 0.05) is 23.1 Å². The van der Waals surface area contributed by atoms with E-state index in [0.717, 1.165) is 59.1 Å². The molecule has 170 valence electrons. The molecule has 3 aromatic heterocycles. The highest BCUT2D eigenvalue weighted by Crippen LogP contribution is 2.49. The minimum atomic E-state index is -0.468. The molecule has 0 spiro atoms. The molecule has 2 saturated carbocycles. The Hall–Kier alpha value is -3.49. The fraction of sp³-hybridized carbons (Fsp3) is 0.458. The number of carbonyl (C=O) groups is 1. The van der Waals surface area contributed by atoms with Gasteiger partial charge in [0.25, 0.3) is 0 Å². The number of aromatic amines is 1. The van der Waals surface area contributed by atoms with Crippen LogP contribution in [0.3, 0.4) is 0 Å². The summed E-state index contributed by atoms with van der Waals surface area (Å²) in [5.74, 6) is 2.29. The number of aryl methyl sites for hydroxylation is 2. The molecule has 1 aromatic carbocycles. The number of benzene rings is 1. The highest BCUT2D eigenvalue weighted by molar-refractivity contribution is 6.02. The van der Waals surface area contributed by atoms with Crippen LogP contribution in [0.5, 0.6) is 0 Å². The molecule has 2 fully saturated rings. The smallest absolute Gasteiger partial charge is 0.248 e. The summed E-state index contributed by atoms with van der Waals surface area (Å²) in [6, 6.07) is 5.98. The molecule has 2 unspecified atom stereocenters. The molecule has 0 bridgehead atoms. The van der Waals surface area contributed by atoms with E-state index >= 15 is 0 Å². The van der Waals surface area contributed by atoms with Crippen LogP contribution in [-0.2, 0) is 6.54 Å². The van der Waals surface area contributed by atoms with Gasteiger partial charge in [0.2, 0.25) is 5.91 Å². The van der Waals surface area contributed by atoms with Crippen molar-refractivity contribution in [3.8, 4) is 22.9 Å². The lowest BCUT2D eigenvalue weighted by Gasteiger charge is -2.14. The molecule has 33 heavy (non-hydrogen) atoms. The van der Waals surface area contributed by atoms with Crippen molar-refractivity contribution in [2.24, 2.45) is 17.6 Å². The average molecular weight is 445 g/mol. The van der Waals surface area contributed by atoms with E-state index in [0.29, 0.717) is 23.3 Å². The van der Waals surface area contributed by atoms with E-state index in [1.165, 1.54) is 19.3 Å². The van der Waals surface area contributed by atoms with Crippen molar-refractivity contribution in [3.05, 3.63) is 35.7 Å². The Balaban J connectivity index is 1.45. The molecule has 6 rings (SSSR count). The van der Waals surface area contributed by atoms with Gasteiger partial charge in [-0.1, -0.05) is 19.3 Å². The number of nitrogens with two attached hydrogens (primary N) is 1. The van der Waals surface area contributed by atoms with Crippen LogP contribution in [0.2, 0.25) is 0 Å². The molecule has 1 amide bonds. The minimum absolute atomic E-state index is 0.360. The third-order valence-corrected chi connectivity index (χ3v) is 7.48. The summed E-state index contributed by atoms with van der Waals surface area (Å²) in [5, 5.41) is 17.7. The number of hydrogen-bond acceptors (Lipinski definition) is 5. The fourth-order valence-corrected chi connectivity index (χ4v) is 5.97. The first-order valence-corrected chi connectivity index (χ1v) is 11.8. The molecule has 9 nitrogen and oxygen atoms in total. The summed E-state index contributed by atoms with van der Waals surface area (Å²) in [6.07, 6.45) is 8.19. The van der Waals surface area contributed by atoms with Crippen molar-refractivity contribution in [1.29, 1.82) is 0 Å². The average Bonchev–Trinajstić information content (AvgIpc) is 3.59. The molecular formula is C24H28N8O. The Morgan fingerprint density at radius 3 is 2.73 bits per heavy atom. The normalized spacial score (nSPS) is 22.3. The zero-order valence-electron chi connectivity index (χ0n) is 19.0. The lowest BCUT2D eigenvalue weighted by atomic mass is 10.0. The van der Waals surface area contributed by atoms with Gasteiger partial charge in [-0.15, -0.1) is 0 Å². The molecule has 2 aliphatic carbocycles. The summed E-state index contributed by atoms with van der Waals surface area (Å²) < 4.78 is 4.00. The predicted octanol–water partition coefficient (Wildman–Crippen LogP) is 3.86. The predicted molar refractivity (Wildman–Crippen MR) is 124 cm³/mol. The standard InChI is InChI=1S/C24H28N8O/c1-3-31-21(7-13(2)30-31)24-27-23(28-29-24)18-10-16(22(25)33)11-20-19(18)12-26-32(20)17-8-14-5-4-6-15(14)9-17/h7,10-12,14-15,17H,3-6,8-9H2,1-2H3,(H2,25,33)(H,27,28,29). The third-order valence-electron chi connectivity index (χ3n) is 7.48. The van der Waals surface area contributed by atoms with Crippen molar-refractivity contribution < 1.29 is 4.79 Å². The van der Waals surface area contributed by atoms with E-state index in [-0.39, 0.29) is 0 Å². The van der Waals surface area contributed by atoms with Gasteiger partial charge in [0.15, 0.2) is 11.6 Å². The van der Waals surface area contributed by atoms with Gasteiger partial charge < -0.3 is 5.73 Å². The van der Waals surface area contributed by atoms with Crippen molar-refractivity contribution in [2.75, 3.05) is 0 Å². The van der Waals surface area contributed by atoms with Gasteiger partial charge in [0.1, 0.15) is 5.69 Å². The number of H-pyrrole nitrogens is 1. The first kappa shape index (κ1) is 20.1. The first-order chi connectivity index (χ1) is 16.0. The molecule has 2 aliphatic rings. The van der Waals surface area contributed by atoms with Gasteiger partial charge in [-0.25, -0.2) is 4.98 Å². The summed E-state index contributed by atoms with van der Waals surface area (Å²) in [4.78, 5) is 16.9. The van der Waals surface area contributed by atoms with Gasteiger partial charge in [-0.2, -0.15) is 15.3 Å². The van der Waals surface area contributed by atoms with Crippen LogP contribution < -0.4 is 5.73 Å². The summed E-state index contributed by atoms with van der Waals surface area (Å²) in [5.41, 5.74) is 9.63. The van der Waals surface area contributed by atoms with Gasteiger partial charge in [-0.05, 0) is 56.7 Å². The molecule has 4 aromatic rings. The maximum absolute atomic E-state index is 12.2. The highest BCUT2D eigenvalue weighted by atomic mass is 16.1. The molecule has 0 radical (unpaired) electrons. The largest absolute Gasteiger partial charge is 0.366 e. The van der Waals surface area contributed by atoms with Gasteiger partial charge >= 0.3 is 0 Å². The number of nitrogens with one attached hydrogen (secondary N) is 1. The lowest BCUT2D eigenvalue weighted by Crippen LogP contribution is -2.12. The fourth-order valence-electron chi connectivity index (χ4n) is 5.97. The van der Waals surface area contributed by atoms with Crippen LogP contribution >= 0.6 is 0 Å². The number of carbonyl (C=O) groups excluding carboxylic acids is 1. The lowest BCUT2D eigenvalue weighted by molar-refractivity contribution is 0.100. The Morgan fingerprint density at radius 1 is 1.21 bits per heavy atom. The summed E-state index contributed by atoms with van der Waals surface area (Å²) in [6.45, 7) is 4.73. The van der Waals surface area contributed by atoms with Crippen LogP contribution in [0.1, 0.15) is 61.1 Å². The van der Waals surface area contributed by atoms with Crippen LogP contribution in [0.25, 0.3) is 33.8 Å². The van der Waals surface area contributed by atoms with E-state index in [1.54, 1.807) is 6.07 Å². The van der Waals surface area contributed by atoms with E-state index in [9.17, 15) is 4.79 Å². The van der Waals surface area contributed by atoms with Crippen molar-refractivity contribution in [1.82, 2.24) is 34.7 Å². The maximum Gasteiger partial charge on any atom is 0.248 e. The number of hydrogen-bond donors (Lipinski definition) is 2. The van der Waals surface area contributed by atoms with E-state index in [2.05, 4.69) is 20.0 Å². The van der Waals surface area contributed by atoms with Gasteiger partial charge in [-0.3, -0.25) is 19.3 Å². The molecule has 3 N–H and O–H groups in total. The zero-order chi connectivity index (χ0) is 22.7. The van der Waals surface area contributed by atoms with Crippen LogP contribution in [-0.4, -0.2) is 40.6 Å². The summed E-state index contributed by atoms with van der Waals surface area (Å²) >= 11 is 0. The second-order valence-corrected chi connectivity index (χ2v) is 9.48. The van der Waals surface area contributed by atoms with Crippen molar-refractivity contribution in [2.45, 2.75) is 58.5 Å². The SMILES string of the molecule is CCn1nc(C)cc1-c1nc(-c2cc(C(N)=O)cc3c2cnn3C2CC3CCCC3C2)n[nH]1. The van der Waals surface area contributed by atoms with E-state index in [4.69, 9.17) is 15.8 Å². The number of aromatic nitrogens is 7. The van der Waals surface area contributed by atoms with Crippen LogP contribution in [0, 0.1) is 18.8 Å². The molecule has 0 aliphatic heterocycles. The number of primary amides is 1. The Morgan fingerprint density at radius 2 is 2.00 bits per heavy atom. The third kappa shape index (κ3) is 3.25. The second kappa shape index (κ2) is 7.54. The number of amides is 1.